The molecule has 2 atom stereocenters. The largest absolute Gasteiger partial charge is 0.378 e. The van der Waals surface area contributed by atoms with Crippen LogP contribution in [0.1, 0.15) is 33.6 Å². The number of nitrogens with zero attached hydrogens (tertiary/aromatic N) is 2. The molecule has 0 spiro atoms. The first kappa shape index (κ1) is 18.6. The Hall–Kier alpha value is -2.78. The van der Waals surface area contributed by atoms with Crippen LogP contribution in [0.25, 0.3) is 0 Å². The van der Waals surface area contributed by atoms with Crippen LogP contribution in [-0.4, -0.2) is 74.0 Å². The van der Waals surface area contributed by atoms with E-state index in [1.54, 1.807) is 18.2 Å². The third-order valence-electron chi connectivity index (χ3n) is 5.36. The van der Waals surface area contributed by atoms with E-state index in [-0.39, 0.29) is 35.9 Å². The normalized spacial score (nSPS) is 25.0. The molecule has 28 heavy (non-hydrogen) atoms. The third-order valence-corrected chi connectivity index (χ3v) is 5.36. The number of carbonyl (C=O) groups excluding carboxylic acids is 4. The number of fused-ring (bicyclic) bond motifs is 1. The van der Waals surface area contributed by atoms with Crippen molar-refractivity contribution in [1.29, 1.82) is 0 Å². The zero-order valence-corrected chi connectivity index (χ0v) is 15.6. The van der Waals surface area contributed by atoms with Crippen LogP contribution in [0, 0.1) is 0 Å². The van der Waals surface area contributed by atoms with Crippen molar-refractivity contribution in [2.24, 2.45) is 0 Å². The first-order chi connectivity index (χ1) is 13.5. The fourth-order valence-electron chi connectivity index (χ4n) is 3.87. The van der Waals surface area contributed by atoms with E-state index in [0.29, 0.717) is 19.8 Å². The van der Waals surface area contributed by atoms with Gasteiger partial charge in [-0.25, -0.2) is 0 Å². The van der Waals surface area contributed by atoms with Crippen LogP contribution < -0.4 is 15.5 Å². The summed E-state index contributed by atoms with van der Waals surface area (Å²) in [6.07, 6.45) is 0.254. The zero-order valence-electron chi connectivity index (χ0n) is 15.6. The molecule has 0 aliphatic carbocycles. The van der Waals surface area contributed by atoms with Crippen molar-refractivity contribution in [2.75, 3.05) is 38.3 Å². The molecule has 148 valence electrons. The average Bonchev–Trinajstić information content (AvgIpc) is 2.93. The van der Waals surface area contributed by atoms with Gasteiger partial charge in [0.25, 0.3) is 11.8 Å². The SMILES string of the molecule is CN(CC1COCCN1)c1ccc2c(c1)C(=O)N(C1CCC(=O)NC1=O)C2=O. The van der Waals surface area contributed by atoms with E-state index in [1.807, 2.05) is 11.9 Å². The number of carbonyl (C=O) groups is 4. The topological polar surface area (TPSA) is 108 Å². The zero-order chi connectivity index (χ0) is 19.8. The number of rotatable bonds is 4. The number of morpholine rings is 1. The van der Waals surface area contributed by atoms with Crippen molar-refractivity contribution in [3.63, 3.8) is 0 Å². The molecular weight excluding hydrogens is 364 g/mol. The quantitative estimate of drug-likeness (QED) is 0.673. The van der Waals surface area contributed by atoms with E-state index < -0.39 is 23.8 Å². The van der Waals surface area contributed by atoms with Gasteiger partial charge in [-0.3, -0.25) is 29.4 Å². The van der Waals surface area contributed by atoms with Crippen LogP contribution in [-0.2, 0) is 14.3 Å². The Bertz CT molecular complexity index is 849. The van der Waals surface area contributed by atoms with Crippen molar-refractivity contribution in [3.8, 4) is 0 Å². The van der Waals surface area contributed by atoms with Crippen molar-refractivity contribution in [2.45, 2.75) is 24.9 Å². The summed E-state index contributed by atoms with van der Waals surface area (Å²) in [5.74, 6) is -1.98. The van der Waals surface area contributed by atoms with E-state index in [2.05, 4.69) is 10.6 Å². The number of ether oxygens (including phenoxy) is 1. The fraction of sp³-hybridized carbons (Fsp3) is 0.474. The molecule has 4 rings (SSSR count). The molecule has 0 aromatic heterocycles. The summed E-state index contributed by atoms with van der Waals surface area (Å²) in [5, 5.41) is 5.58. The number of nitrogens with one attached hydrogen (secondary N) is 2. The second kappa shape index (κ2) is 7.33. The molecule has 9 heteroatoms. The average molecular weight is 386 g/mol. The van der Waals surface area contributed by atoms with Crippen LogP contribution in [0.4, 0.5) is 5.69 Å². The number of hydrogen-bond donors (Lipinski definition) is 2. The maximum absolute atomic E-state index is 12.9. The van der Waals surface area contributed by atoms with Crippen LogP contribution in [0.3, 0.4) is 0 Å². The molecule has 1 aromatic carbocycles. The summed E-state index contributed by atoms with van der Waals surface area (Å²) in [6, 6.07) is 4.34. The molecule has 0 saturated carbocycles. The molecule has 3 aliphatic heterocycles. The highest BCUT2D eigenvalue weighted by molar-refractivity contribution is 6.23. The first-order valence-electron chi connectivity index (χ1n) is 9.33. The number of imide groups is 2. The molecule has 1 aromatic rings. The van der Waals surface area contributed by atoms with Crippen molar-refractivity contribution >= 4 is 29.3 Å². The summed E-state index contributed by atoms with van der Waals surface area (Å²) in [7, 11) is 1.91. The minimum atomic E-state index is -0.949. The maximum Gasteiger partial charge on any atom is 0.262 e. The predicted molar refractivity (Wildman–Crippen MR) is 99.0 cm³/mol. The highest BCUT2D eigenvalue weighted by Crippen LogP contribution is 2.30. The molecule has 9 nitrogen and oxygen atoms in total. The van der Waals surface area contributed by atoms with Gasteiger partial charge >= 0.3 is 0 Å². The maximum atomic E-state index is 12.9. The third kappa shape index (κ3) is 3.27. The second-order valence-electron chi connectivity index (χ2n) is 7.28. The lowest BCUT2D eigenvalue weighted by atomic mass is 10.0. The molecule has 2 saturated heterocycles. The van der Waals surface area contributed by atoms with E-state index in [0.717, 1.165) is 17.1 Å². The van der Waals surface area contributed by atoms with Gasteiger partial charge in [0.15, 0.2) is 0 Å². The number of piperidine rings is 1. The van der Waals surface area contributed by atoms with Crippen molar-refractivity contribution < 1.29 is 23.9 Å². The van der Waals surface area contributed by atoms with Gasteiger partial charge in [0, 0.05) is 38.3 Å². The Kier molecular flexibility index (Phi) is 4.86. The number of hydrogen-bond acceptors (Lipinski definition) is 7. The predicted octanol–water partition coefficient (Wildman–Crippen LogP) is -0.488. The van der Waals surface area contributed by atoms with Gasteiger partial charge in [-0.1, -0.05) is 0 Å². The summed E-state index contributed by atoms with van der Waals surface area (Å²) >= 11 is 0. The summed E-state index contributed by atoms with van der Waals surface area (Å²) in [4.78, 5) is 52.1. The number of benzene rings is 1. The lowest BCUT2D eigenvalue weighted by molar-refractivity contribution is -0.136. The van der Waals surface area contributed by atoms with Gasteiger partial charge < -0.3 is 15.0 Å². The summed E-state index contributed by atoms with van der Waals surface area (Å²) in [5.41, 5.74) is 1.37. The Morgan fingerprint density at radius 3 is 2.68 bits per heavy atom. The lowest BCUT2D eigenvalue weighted by Crippen LogP contribution is -2.54. The molecule has 3 aliphatic rings. The van der Waals surface area contributed by atoms with Crippen molar-refractivity contribution in [1.82, 2.24) is 15.5 Å². The lowest BCUT2D eigenvalue weighted by Gasteiger charge is -2.29. The molecular formula is C19H22N4O5. The van der Waals surface area contributed by atoms with Gasteiger partial charge in [-0.2, -0.15) is 0 Å². The molecule has 2 fully saturated rings. The smallest absolute Gasteiger partial charge is 0.262 e. The Morgan fingerprint density at radius 2 is 1.96 bits per heavy atom. The van der Waals surface area contributed by atoms with Gasteiger partial charge in [0.1, 0.15) is 6.04 Å². The van der Waals surface area contributed by atoms with Gasteiger partial charge in [-0.05, 0) is 24.6 Å². The van der Waals surface area contributed by atoms with Gasteiger partial charge in [0.05, 0.1) is 24.3 Å². The molecule has 2 N–H and O–H groups in total. The molecule has 0 radical (unpaired) electrons. The van der Waals surface area contributed by atoms with Gasteiger partial charge in [0.2, 0.25) is 11.8 Å². The number of amides is 4. The molecule has 4 amide bonds. The highest BCUT2D eigenvalue weighted by Gasteiger charge is 2.44. The van der Waals surface area contributed by atoms with E-state index >= 15 is 0 Å². The minimum Gasteiger partial charge on any atom is -0.378 e. The summed E-state index contributed by atoms with van der Waals surface area (Å²) in [6.45, 7) is 2.82. The van der Waals surface area contributed by atoms with Crippen LogP contribution in [0.2, 0.25) is 0 Å². The van der Waals surface area contributed by atoms with Gasteiger partial charge in [-0.15, -0.1) is 0 Å². The fourth-order valence-corrected chi connectivity index (χ4v) is 3.87. The highest BCUT2D eigenvalue weighted by atomic mass is 16.5. The Morgan fingerprint density at radius 1 is 1.18 bits per heavy atom. The monoisotopic (exact) mass is 386 g/mol. The number of anilines is 1. The Labute approximate surface area is 162 Å². The molecule has 2 unspecified atom stereocenters. The van der Waals surface area contributed by atoms with E-state index in [4.69, 9.17) is 4.74 Å². The van der Waals surface area contributed by atoms with Crippen LogP contribution >= 0.6 is 0 Å². The van der Waals surface area contributed by atoms with Crippen molar-refractivity contribution in [3.05, 3.63) is 29.3 Å². The molecule has 0 bridgehead atoms. The van der Waals surface area contributed by atoms with E-state index in [1.165, 1.54) is 0 Å². The summed E-state index contributed by atoms with van der Waals surface area (Å²) < 4.78 is 5.47. The minimum absolute atomic E-state index is 0.105. The van der Waals surface area contributed by atoms with Crippen LogP contribution in [0.15, 0.2) is 18.2 Å². The Balaban J connectivity index is 1.53. The molecule has 3 heterocycles. The van der Waals surface area contributed by atoms with E-state index in [9.17, 15) is 19.2 Å². The number of likely N-dealkylation sites (N-methyl/N-ethyl adjacent to an activating group) is 1. The van der Waals surface area contributed by atoms with Crippen LogP contribution in [0.5, 0.6) is 0 Å². The first-order valence-corrected chi connectivity index (χ1v) is 9.33. The standard InChI is InChI=1S/C19H22N4O5/c1-22(9-11-10-28-7-6-20-11)12-2-3-13-14(8-12)19(27)23(18(13)26)15-4-5-16(24)21-17(15)25/h2-3,8,11,15,20H,4-7,9-10H2,1H3,(H,21,24,25). The second-order valence-corrected chi connectivity index (χ2v) is 7.28.